The van der Waals surface area contributed by atoms with Crippen molar-refractivity contribution in [3.8, 4) is 0 Å². The summed E-state index contributed by atoms with van der Waals surface area (Å²) >= 11 is 0. The highest BCUT2D eigenvalue weighted by molar-refractivity contribution is 6.01. The van der Waals surface area contributed by atoms with Gasteiger partial charge in [0.1, 0.15) is 6.04 Å². The lowest BCUT2D eigenvalue weighted by Gasteiger charge is -2.17. The summed E-state index contributed by atoms with van der Waals surface area (Å²) in [5.74, 6) is -0.843. The Hall–Kier alpha value is -3.36. The topological polar surface area (TPSA) is 86.9 Å². The molecule has 0 saturated carbocycles. The Morgan fingerprint density at radius 2 is 1.79 bits per heavy atom. The van der Waals surface area contributed by atoms with E-state index in [0.29, 0.717) is 18.4 Å². The molecule has 0 radical (unpaired) electrons. The maximum atomic E-state index is 12.7. The van der Waals surface area contributed by atoms with Gasteiger partial charge in [-0.15, -0.1) is 0 Å². The predicted octanol–water partition coefficient (Wildman–Crippen LogP) is 4.12. The minimum Gasteiger partial charge on any atom is -0.340 e. The van der Waals surface area contributed by atoms with Crippen LogP contribution in [0.3, 0.4) is 0 Å². The second-order valence-electron chi connectivity index (χ2n) is 6.48. The molecule has 2 aromatic carbocycles. The smallest absolute Gasteiger partial charge is 0.340 e. The third kappa shape index (κ3) is 4.92. The van der Waals surface area contributed by atoms with E-state index in [2.05, 4.69) is 20.6 Å². The summed E-state index contributed by atoms with van der Waals surface area (Å²) in [4.78, 5) is 32.2. The van der Waals surface area contributed by atoms with Crippen LogP contribution in [-0.4, -0.2) is 27.8 Å². The van der Waals surface area contributed by atoms with Gasteiger partial charge in [-0.2, -0.15) is 13.2 Å². The monoisotopic (exact) mass is 404 g/mol. The van der Waals surface area contributed by atoms with E-state index in [1.165, 1.54) is 0 Å². The largest absolute Gasteiger partial charge is 0.416 e. The predicted molar refractivity (Wildman–Crippen MR) is 102 cm³/mol. The van der Waals surface area contributed by atoms with Crippen molar-refractivity contribution < 1.29 is 22.8 Å². The number of hydrogen-bond donors (Lipinski definition) is 3. The van der Waals surface area contributed by atoms with E-state index in [9.17, 15) is 22.8 Å². The molecule has 3 aromatic rings. The zero-order chi connectivity index (χ0) is 21.0. The maximum Gasteiger partial charge on any atom is 0.416 e. The van der Waals surface area contributed by atoms with Crippen molar-refractivity contribution in [1.82, 2.24) is 15.3 Å². The lowest BCUT2D eigenvalue weighted by molar-refractivity contribution is -0.137. The van der Waals surface area contributed by atoms with Gasteiger partial charge in [0.2, 0.25) is 11.9 Å². The number of aromatic amines is 1. The van der Waals surface area contributed by atoms with Gasteiger partial charge in [0.15, 0.2) is 0 Å². The third-order valence-electron chi connectivity index (χ3n) is 4.30. The summed E-state index contributed by atoms with van der Waals surface area (Å²) in [7, 11) is 0. The number of fused-ring (bicyclic) bond motifs is 1. The zero-order valence-electron chi connectivity index (χ0n) is 15.5. The highest BCUT2D eigenvalue weighted by atomic mass is 19.4. The normalized spacial score (nSPS) is 12.6. The van der Waals surface area contributed by atoms with Crippen molar-refractivity contribution in [2.75, 3.05) is 5.32 Å². The minimum absolute atomic E-state index is 0.0376. The Labute approximate surface area is 164 Å². The Kier molecular flexibility index (Phi) is 5.86. The van der Waals surface area contributed by atoms with E-state index in [1.807, 2.05) is 25.1 Å². The first-order valence-electron chi connectivity index (χ1n) is 9.01. The Bertz CT molecular complexity index is 979. The van der Waals surface area contributed by atoms with Gasteiger partial charge < -0.3 is 10.3 Å². The molecule has 0 fully saturated rings. The van der Waals surface area contributed by atoms with E-state index in [1.54, 1.807) is 6.07 Å². The summed E-state index contributed by atoms with van der Waals surface area (Å²) in [5.41, 5.74) is 0.629. The van der Waals surface area contributed by atoms with Crippen LogP contribution in [0.2, 0.25) is 0 Å². The molecule has 0 saturated heterocycles. The molecule has 152 valence electrons. The summed E-state index contributed by atoms with van der Waals surface area (Å²) in [5, 5.41) is 5.21. The van der Waals surface area contributed by atoms with E-state index in [-0.39, 0.29) is 11.5 Å². The van der Waals surface area contributed by atoms with Crippen LogP contribution in [0.25, 0.3) is 11.0 Å². The SMILES string of the molecule is CCCC(NC(=O)c1ccc(C(F)(F)F)cc1)C(=O)Nc1nc2ccccc2[nH]1. The number of aromatic nitrogens is 2. The van der Waals surface area contributed by atoms with Crippen molar-refractivity contribution in [3.05, 3.63) is 59.7 Å². The lowest BCUT2D eigenvalue weighted by atomic mass is 10.1. The molecule has 0 bridgehead atoms. The second kappa shape index (κ2) is 8.34. The molecule has 1 unspecified atom stereocenters. The van der Waals surface area contributed by atoms with E-state index in [4.69, 9.17) is 0 Å². The molecule has 1 heterocycles. The lowest BCUT2D eigenvalue weighted by Crippen LogP contribution is -2.43. The van der Waals surface area contributed by atoms with E-state index >= 15 is 0 Å². The van der Waals surface area contributed by atoms with Crippen LogP contribution in [0.1, 0.15) is 35.7 Å². The van der Waals surface area contributed by atoms with Gasteiger partial charge in [0.25, 0.3) is 5.91 Å². The number of amides is 2. The number of nitrogens with one attached hydrogen (secondary N) is 3. The number of carbonyl (C=O) groups excluding carboxylic acids is 2. The van der Waals surface area contributed by atoms with Crippen molar-refractivity contribution in [1.29, 1.82) is 0 Å². The number of imidazole rings is 1. The van der Waals surface area contributed by atoms with Crippen LogP contribution in [0.5, 0.6) is 0 Å². The van der Waals surface area contributed by atoms with Crippen LogP contribution in [0.4, 0.5) is 19.1 Å². The maximum absolute atomic E-state index is 12.7. The summed E-state index contributed by atoms with van der Waals surface area (Å²) in [6.07, 6.45) is -3.50. The molecule has 0 aliphatic heterocycles. The van der Waals surface area contributed by atoms with Gasteiger partial charge in [-0.1, -0.05) is 25.5 Å². The number of benzene rings is 2. The van der Waals surface area contributed by atoms with Crippen molar-refractivity contribution in [2.45, 2.75) is 32.0 Å². The summed E-state index contributed by atoms with van der Waals surface area (Å²) in [6.45, 7) is 1.85. The first-order valence-corrected chi connectivity index (χ1v) is 9.01. The molecular formula is C20H19F3N4O2. The average Bonchev–Trinajstić information content (AvgIpc) is 3.09. The number of H-pyrrole nitrogens is 1. The Morgan fingerprint density at radius 3 is 2.41 bits per heavy atom. The van der Waals surface area contributed by atoms with E-state index in [0.717, 1.165) is 29.8 Å². The summed E-state index contributed by atoms with van der Waals surface area (Å²) < 4.78 is 38.0. The van der Waals surface area contributed by atoms with Crippen molar-refractivity contribution in [2.24, 2.45) is 0 Å². The molecule has 3 N–H and O–H groups in total. The van der Waals surface area contributed by atoms with Crippen LogP contribution in [0, 0.1) is 0 Å². The Balaban J connectivity index is 1.69. The quantitative estimate of drug-likeness (QED) is 0.578. The molecule has 6 nitrogen and oxygen atoms in total. The molecule has 29 heavy (non-hydrogen) atoms. The average molecular weight is 404 g/mol. The van der Waals surface area contributed by atoms with Crippen LogP contribution in [0.15, 0.2) is 48.5 Å². The van der Waals surface area contributed by atoms with Crippen LogP contribution >= 0.6 is 0 Å². The molecule has 0 aliphatic carbocycles. The molecule has 2 amide bonds. The minimum atomic E-state index is -4.48. The number of alkyl halides is 3. The van der Waals surface area contributed by atoms with Gasteiger partial charge >= 0.3 is 6.18 Å². The number of para-hydroxylation sites is 2. The van der Waals surface area contributed by atoms with Gasteiger partial charge in [-0.3, -0.25) is 14.9 Å². The molecular weight excluding hydrogens is 385 g/mol. The summed E-state index contributed by atoms with van der Waals surface area (Å²) in [6, 6.07) is 10.2. The Morgan fingerprint density at radius 1 is 1.10 bits per heavy atom. The van der Waals surface area contributed by atoms with Crippen LogP contribution < -0.4 is 10.6 Å². The number of nitrogens with zero attached hydrogens (tertiary/aromatic N) is 1. The first-order chi connectivity index (χ1) is 13.8. The third-order valence-corrected chi connectivity index (χ3v) is 4.30. The number of halogens is 3. The molecule has 0 spiro atoms. The molecule has 9 heteroatoms. The molecule has 0 aliphatic rings. The second-order valence-corrected chi connectivity index (χ2v) is 6.48. The molecule has 3 rings (SSSR count). The van der Waals surface area contributed by atoms with Crippen LogP contribution in [-0.2, 0) is 11.0 Å². The van der Waals surface area contributed by atoms with Gasteiger partial charge in [-0.05, 0) is 42.8 Å². The fourth-order valence-corrected chi connectivity index (χ4v) is 2.83. The number of carbonyl (C=O) groups is 2. The zero-order valence-corrected chi connectivity index (χ0v) is 15.5. The molecule has 1 aromatic heterocycles. The first kappa shape index (κ1) is 20.4. The fraction of sp³-hybridized carbons (Fsp3) is 0.250. The van der Waals surface area contributed by atoms with Crippen molar-refractivity contribution >= 4 is 28.8 Å². The molecule has 1 atom stereocenters. The van der Waals surface area contributed by atoms with E-state index < -0.39 is 29.6 Å². The highest BCUT2D eigenvalue weighted by Gasteiger charge is 2.30. The van der Waals surface area contributed by atoms with Gasteiger partial charge in [-0.25, -0.2) is 4.98 Å². The van der Waals surface area contributed by atoms with Gasteiger partial charge in [0.05, 0.1) is 16.6 Å². The highest BCUT2D eigenvalue weighted by Crippen LogP contribution is 2.29. The van der Waals surface area contributed by atoms with Gasteiger partial charge in [0, 0.05) is 5.56 Å². The fourth-order valence-electron chi connectivity index (χ4n) is 2.83. The number of hydrogen-bond acceptors (Lipinski definition) is 3. The van der Waals surface area contributed by atoms with Crippen molar-refractivity contribution in [3.63, 3.8) is 0 Å². The number of rotatable bonds is 6. The standard InChI is InChI=1S/C20H19F3N4O2/c1-2-5-16(18(29)27-19-25-14-6-3-4-7-15(14)26-19)24-17(28)12-8-10-13(11-9-12)20(21,22)23/h3-4,6-11,16H,2,5H2,1H3,(H,24,28)(H2,25,26,27,29). The number of anilines is 1.